The fourth-order valence-electron chi connectivity index (χ4n) is 2.52. The van der Waals surface area contributed by atoms with Crippen LogP contribution in [0.25, 0.3) is 0 Å². The third kappa shape index (κ3) is 3.18. The second-order valence-electron chi connectivity index (χ2n) is 4.79. The van der Waals surface area contributed by atoms with E-state index >= 15 is 0 Å². The largest absolute Gasteiger partial charge is 0.504 e. The summed E-state index contributed by atoms with van der Waals surface area (Å²) in [6, 6.07) is 7.31. The minimum atomic E-state index is -0.250. The number of hydrogen-bond acceptors (Lipinski definition) is 4. The molecule has 1 aromatic rings. The van der Waals surface area contributed by atoms with Gasteiger partial charge in [-0.2, -0.15) is 5.26 Å². The van der Waals surface area contributed by atoms with Gasteiger partial charge in [0.1, 0.15) is 6.04 Å². The van der Waals surface area contributed by atoms with E-state index in [4.69, 9.17) is 4.74 Å². The maximum Gasteiger partial charge on any atom is 0.161 e. The standard InChI is InChI=1S/C15H20N2O2/c1-2-19-15-10-12(6-7-14(15)18)13(11-16)17-8-4-3-5-9-17/h6-7,10,13,18H,2-5,8-9H2,1H3. The van der Waals surface area contributed by atoms with Crippen molar-refractivity contribution >= 4 is 0 Å². The molecule has 0 amide bonds. The molecule has 1 heterocycles. The van der Waals surface area contributed by atoms with E-state index in [0.29, 0.717) is 12.4 Å². The molecular formula is C15H20N2O2. The van der Waals surface area contributed by atoms with Crippen LogP contribution in [-0.2, 0) is 0 Å². The van der Waals surface area contributed by atoms with Gasteiger partial charge in [0.05, 0.1) is 12.7 Å². The third-order valence-electron chi connectivity index (χ3n) is 3.48. The molecule has 1 atom stereocenters. The number of nitriles is 1. The molecule has 1 aromatic carbocycles. The number of phenolic OH excluding ortho intramolecular Hbond substituents is 1. The molecule has 19 heavy (non-hydrogen) atoms. The number of likely N-dealkylation sites (tertiary alicyclic amines) is 1. The summed E-state index contributed by atoms with van der Waals surface area (Å²) in [5, 5.41) is 19.1. The predicted octanol–water partition coefficient (Wildman–Crippen LogP) is 2.84. The Morgan fingerprint density at radius 2 is 2.11 bits per heavy atom. The van der Waals surface area contributed by atoms with Crippen molar-refractivity contribution in [3.63, 3.8) is 0 Å². The first-order chi connectivity index (χ1) is 9.26. The van der Waals surface area contributed by atoms with Crippen molar-refractivity contribution in [2.75, 3.05) is 19.7 Å². The van der Waals surface area contributed by atoms with Gasteiger partial charge >= 0.3 is 0 Å². The molecule has 1 fully saturated rings. The van der Waals surface area contributed by atoms with E-state index < -0.39 is 0 Å². The first kappa shape index (κ1) is 13.7. The molecule has 2 rings (SSSR count). The Bertz CT molecular complexity index is 462. The quantitative estimate of drug-likeness (QED) is 0.904. The molecule has 1 aliphatic heterocycles. The van der Waals surface area contributed by atoms with Crippen LogP contribution in [0.1, 0.15) is 37.8 Å². The highest BCUT2D eigenvalue weighted by Gasteiger charge is 2.22. The monoisotopic (exact) mass is 260 g/mol. The van der Waals surface area contributed by atoms with Crippen LogP contribution < -0.4 is 4.74 Å². The Balaban J connectivity index is 2.22. The number of ether oxygens (including phenoxy) is 1. The molecule has 1 saturated heterocycles. The number of benzene rings is 1. The van der Waals surface area contributed by atoms with Gasteiger partial charge in [0.15, 0.2) is 11.5 Å². The number of phenols is 1. The van der Waals surface area contributed by atoms with E-state index in [9.17, 15) is 10.4 Å². The van der Waals surface area contributed by atoms with Crippen LogP contribution in [0.5, 0.6) is 11.5 Å². The zero-order chi connectivity index (χ0) is 13.7. The minimum absolute atomic E-state index is 0.126. The van der Waals surface area contributed by atoms with Crippen LogP contribution in [0.3, 0.4) is 0 Å². The smallest absolute Gasteiger partial charge is 0.161 e. The molecule has 4 nitrogen and oxygen atoms in total. The number of aromatic hydroxyl groups is 1. The van der Waals surface area contributed by atoms with Gasteiger partial charge in [0, 0.05) is 0 Å². The van der Waals surface area contributed by atoms with Gasteiger partial charge in [-0.05, 0) is 50.6 Å². The van der Waals surface area contributed by atoms with Gasteiger partial charge in [-0.25, -0.2) is 0 Å². The Morgan fingerprint density at radius 3 is 2.74 bits per heavy atom. The predicted molar refractivity (Wildman–Crippen MR) is 73.1 cm³/mol. The van der Waals surface area contributed by atoms with Crippen LogP contribution in [0.15, 0.2) is 18.2 Å². The third-order valence-corrected chi connectivity index (χ3v) is 3.48. The Morgan fingerprint density at radius 1 is 1.37 bits per heavy atom. The van der Waals surface area contributed by atoms with Gasteiger partial charge in [-0.3, -0.25) is 4.90 Å². The topological polar surface area (TPSA) is 56.5 Å². The van der Waals surface area contributed by atoms with E-state index in [-0.39, 0.29) is 11.8 Å². The lowest BCUT2D eigenvalue weighted by Gasteiger charge is -2.30. The Hall–Kier alpha value is -1.73. The van der Waals surface area contributed by atoms with Crippen LogP contribution in [0.4, 0.5) is 0 Å². The van der Waals surface area contributed by atoms with Crippen LogP contribution in [0.2, 0.25) is 0 Å². The lowest BCUT2D eigenvalue weighted by atomic mass is 10.0. The lowest BCUT2D eigenvalue weighted by molar-refractivity contribution is 0.195. The van der Waals surface area contributed by atoms with Gasteiger partial charge in [0.2, 0.25) is 0 Å². The van der Waals surface area contributed by atoms with Gasteiger partial charge in [-0.1, -0.05) is 12.5 Å². The summed E-state index contributed by atoms with van der Waals surface area (Å²) in [7, 11) is 0. The van der Waals surface area contributed by atoms with Crippen LogP contribution in [0, 0.1) is 11.3 Å². The number of piperidine rings is 1. The van der Waals surface area contributed by atoms with Crippen LogP contribution in [-0.4, -0.2) is 29.7 Å². The average molecular weight is 260 g/mol. The summed E-state index contributed by atoms with van der Waals surface area (Å²) in [5.41, 5.74) is 0.894. The molecule has 0 radical (unpaired) electrons. The molecule has 102 valence electrons. The van der Waals surface area contributed by atoms with Crippen molar-refractivity contribution in [3.05, 3.63) is 23.8 Å². The summed E-state index contributed by atoms with van der Waals surface area (Å²) in [5.74, 6) is 0.582. The molecule has 0 aliphatic carbocycles. The van der Waals surface area contributed by atoms with Crippen molar-refractivity contribution in [1.29, 1.82) is 5.26 Å². The summed E-state index contributed by atoms with van der Waals surface area (Å²) in [4.78, 5) is 2.20. The van der Waals surface area contributed by atoms with Gasteiger partial charge in [-0.15, -0.1) is 0 Å². The van der Waals surface area contributed by atoms with Crippen molar-refractivity contribution in [3.8, 4) is 17.6 Å². The van der Waals surface area contributed by atoms with E-state index in [1.807, 2.05) is 6.92 Å². The number of hydrogen-bond donors (Lipinski definition) is 1. The van der Waals surface area contributed by atoms with E-state index in [0.717, 1.165) is 31.5 Å². The molecule has 4 heteroatoms. The highest BCUT2D eigenvalue weighted by atomic mass is 16.5. The van der Waals surface area contributed by atoms with Crippen molar-refractivity contribution in [2.24, 2.45) is 0 Å². The molecule has 0 spiro atoms. The molecule has 1 N–H and O–H groups in total. The van der Waals surface area contributed by atoms with Crippen molar-refractivity contribution < 1.29 is 9.84 Å². The normalized spacial score (nSPS) is 17.7. The summed E-state index contributed by atoms with van der Waals surface area (Å²) < 4.78 is 5.38. The van der Waals surface area contributed by atoms with Crippen molar-refractivity contribution in [2.45, 2.75) is 32.2 Å². The first-order valence-corrected chi connectivity index (χ1v) is 6.85. The molecule has 1 unspecified atom stereocenters. The Labute approximate surface area is 114 Å². The minimum Gasteiger partial charge on any atom is -0.504 e. The SMILES string of the molecule is CCOc1cc(C(C#N)N2CCCCC2)ccc1O. The average Bonchev–Trinajstić information content (AvgIpc) is 2.44. The molecule has 0 bridgehead atoms. The van der Waals surface area contributed by atoms with E-state index in [1.165, 1.54) is 6.42 Å². The molecule has 0 aromatic heterocycles. The highest BCUT2D eigenvalue weighted by Crippen LogP contribution is 2.32. The van der Waals surface area contributed by atoms with E-state index in [2.05, 4.69) is 11.0 Å². The zero-order valence-corrected chi connectivity index (χ0v) is 11.3. The number of rotatable bonds is 4. The summed E-state index contributed by atoms with van der Waals surface area (Å²) in [6.07, 6.45) is 3.54. The van der Waals surface area contributed by atoms with Crippen molar-refractivity contribution in [1.82, 2.24) is 4.90 Å². The maximum atomic E-state index is 9.71. The lowest BCUT2D eigenvalue weighted by Crippen LogP contribution is -2.33. The fourth-order valence-corrected chi connectivity index (χ4v) is 2.52. The van der Waals surface area contributed by atoms with Gasteiger partial charge < -0.3 is 9.84 Å². The van der Waals surface area contributed by atoms with Crippen LogP contribution >= 0.6 is 0 Å². The number of nitrogens with zero attached hydrogens (tertiary/aromatic N) is 2. The molecule has 1 aliphatic rings. The highest BCUT2D eigenvalue weighted by molar-refractivity contribution is 5.43. The van der Waals surface area contributed by atoms with Gasteiger partial charge in [0.25, 0.3) is 0 Å². The first-order valence-electron chi connectivity index (χ1n) is 6.85. The second-order valence-corrected chi connectivity index (χ2v) is 4.79. The maximum absolute atomic E-state index is 9.71. The summed E-state index contributed by atoms with van der Waals surface area (Å²) >= 11 is 0. The Kier molecular flexibility index (Phi) is 4.64. The zero-order valence-electron chi connectivity index (χ0n) is 11.3. The fraction of sp³-hybridized carbons (Fsp3) is 0.533. The second kappa shape index (κ2) is 6.44. The molecular weight excluding hydrogens is 240 g/mol. The summed E-state index contributed by atoms with van der Waals surface area (Å²) in [6.45, 7) is 4.29. The molecule has 0 saturated carbocycles. The van der Waals surface area contributed by atoms with E-state index in [1.54, 1.807) is 18.2 Å².